The molecule has 0 spiro atoms. The first kappa shape index (κ1) is 9.73. The highest BCUT2D eigenvalue weighted by atomic mass is 28.3. The predicted molar refractivity (Wildman–Crippen MR) is 50.9 cm³/mol. The Morgan fingerprint density at radius 1 is 1.42 bits per heavy atom. The minimum Gasteiger partial charge on any atom is -0.480 e. The minimum absolute atomic E-state index is 0.668. The zero-order valence-electron chi connectivity index (χ0n) is 7.76. The summed E-state index contributed by atoms with van der Waals surface area (Å²) in [5.74, 6) is -0.827. The normalized spacial score (nSPS) is 26.6. The molecule has 1 aliphatic heterocycles. The van der Waals surface area contributed by atoms with E-state index in [1.165, 1.54) is 0 Å². The SMILES string of the molecule is C[Si]1(C)CCC(N)(C(=O)O)CC1. The van der Waals surface area contributed by atoms with Crippen LogP contribution in [0.25, 0.3) is 0 Å². The molecule has 0 aromatic heterocycles. The Morgan fingerprint density at radius 3 is 2.17 bits per heavy atom. The number of rotatable bonds is 1. The van der Waals surface area contributed by atoms with Crippen LogP contribution in [-0.2, 0) is 4.79 Å². The number of nitrogens with two attached hydrogens (primary N) is 1. The lowest BCUT2D eigenvalue weighted by Crippen LogP contribution is -2.53. The average molecular weight is 187 g/mol. The molecule has 12 heavy (non-hydrogen) atoms. The van der Waals surface area contributed by atoms with E-state index in [4.69, 9.17) is 10.8 Å². The summed E-state index contributed by atoms with van der Waals surface area (Å²) in [7, 11) is -1.07. The Balaban J connectivity index is 2.62. The number of carbonyl (C=O) groups is 1. The summed E-state index contributed by atoms with van der Waals surface area (Å²) < 4.78 is 0. The number of carboxylic acid groups (broad SMARTS) is 1. The quantitative estimate of drug-likeness (QED) is 0.608. The van der Waals surface area contributed by atoms with Gasteiger partial charge in [0.2, 0.25) is 0 Å². The van der Waals surface area contributed by atoms with Crippen LogP contribution in [0.15, 0.2) is 0 Å². The molecule has 0 aromatic rings. The van der Waals surface area contributed by atoms with Gasteiger partial charge in [-0.15, -0.1) is 0 Å². The van der Waals surface area contributed by atoms with Gasteiger partial charge in [-0.1, -0.05) is 25.2 Å². The molecule has 70 valence electrons. The highest BCUT2D eigenvalue weighted by Crippen LogP contribution is 2.33. The summed E-state index contributed by atoms with van der Waals surface area (Å²) in [6.07, 6.45) is 1.34. The first-order valence-corrected chi connectivity index (χ1v) is 7.79. The molecule has 1 heterocycles. The molecule has 1 saturated heterocycles. The van der Waals surface area contributed by atoms with Gasteiger partial charge in [0.15, 0.2) is 0 Å². The molecular weight excluding hydrogens is 170 g/mol. The smallest absolute Gasteiger partial charge is 0.323 e. The molecule has 1 rings (SSSR count). The van der Waals surface area contributed by atoms with Gasteiger partial charge in [0.25, 0.3) is 0 Å². The molecule has 3 N–H and O–H groups in total. The maximum atomic E-state index is 10.8. The highest BCUT2D eigenvalue weighted by molar-refractivity contribution is 6.77. The fraction of sp³-hybridized carbons (Fsp3) is 0.875. The van der Waals surface area contributed by atoms with Crippen LogP contribution < -0.4 is 5.73 Å². The largest absolute Gasteiger partial charge is 0.480 e. The number of carboxylic acids is 1. The van der Waals surface area contributed by atoms with Crippen LogP contribution in [0, 0.1) is 0 Å². The number of aliphatic carboxylic acids is 1. The average Bonchev–Trinajstić information content (AvgIpc) is 1.96. The van der Waals surface area contributed by atoms with Gasteiger partial charge in [-0.25, -0.2) is 0 Å². The van der Waals surface area contributed by atoms with Crippen molar-refractivity contribution < 1.29 is 9.90 Å². The standard InChI is InChI=1S/C8H17NO2Si/c1-12(2)5-3-8(9,4-6-12)7(10)11/h3-6,9H2,1-2H3,(H,10,11). The van der Waals surface area contributed by atoms with E-state index in [0.29, 0.717) is 12.8 Å². The van der Waals surface area contributed by atoms with Crippen LogP contribution in [0.2, 0.25) is 25.2 Å². The Labute approximate surface area is 74.0 Å². The number of hydrogen-bond acceptors (Lipinski definition) is 2. The van der Waals surface area contributed by atoms with Crippen molar-refractivity contribution in [1.82, 2.24) is 0 Å². The maximum absolute atomic E-state index is 10.8. The summed E-state index contributed by atoms with van der Waals surface area (Å²) in [4.78, 5) is 10.8. The van der Waals surface area contributed by atoms with Crippen LogP contribution >= 0.6 is 0 Å². The van der Waals surface area contributed by atoms with E-state index in [1.54, 1.807) is 0 Å². The summed E-state index contributed by atoms with van der Waals surface area (Å²) in [5, 5.41) is 8.86. The molecule has 0 unspecified atom stereocenters. The zero-order chi connectivity index (χ0) is 9.41. The van der Waals surface area contributed by atoms with Gasteiger partial charge in [0.05, 0.1) is 0 Å². The molecule has 0 aliphatic carbocycles. The third-order valence-corrected chi connectivity index (χ3v) is 6.13. The lowest BCUT2D eigenvalue weighted by molar-refractivity contribution is -0.143. The van der Waals surface area contributed by atoms with Crippen LogP contribution in [0.3, 0.4) is 0 Å². The van der Waals surface area contributed by atoms with Crippen molar-refractivity contribution in [2.24, 2.45) is 5.73 Å². The van der Waals surface area contributed by atoms with Crippen LogP contribution in [0.1, 0.15) is 12.8 Å². The zero-order valence-corrected chi connectivity index (χ0v) is 8.76. The first-order chi connectivity index (χ1) is 5.36. The Morgan fingerprint density at radius 2 is 1.83 bits per heavy atom. The second-order valence-corrected chi connectivity index (χ2v) is 9.95. The van der Waals surface area contributed by atoms with Crippen molar-refractivity contribution in [3.8, 4) is 0 Å². The van der Waals surface area contributed by atoms with E-state index in [9.17, 15) is 4.79 Å². The van der Waals surface area contributed by atoms with Crippen molar-refractivity contribution in [3.05, 3.63) is 0 Å². The van der Waals surface area contributed by atoms with E-state index < -0.39 is 19.6 Å². The summed E-state index contributed by atoms with van der Waals surface area (Å²) in [6.45, 7) is 4.60. The predicted octanol–water partition coefficient (Wildman–Crippen LogP) is 1.27. The fourth-order valence-corrected chi connectivity index (χ4v) is 4.08. The minimum atomic E-state index is -1.07. The van der Waals surface area contributed by atoms with Gasteiger partial charge >= 0.3 is 5.97 Å². The number of hydrogen-bond donors (Lipinski definition) is 2. The molecule has 0 radical (unpaired) electrons. The monoisotopic (exact) mass is 187 g/mol. The van der Waals surface area contributed by atoms with Crippen molar-refractivity contribution in [1.29, 1.82) is 0 Å². The van der Waals surface area contributed by atoms with Gasteiger partial charge < -0.3 is 10.8 Å². The van der Waals surface area contributed by atoms with Gasteiger partial charge in [0.1, 0.15) is 5.54 Å². The van der Waals surface area contributed by atoms with Crippen molar-refractivity contribution in [2.45, 2.75) is 43.6 Å². The van der Waals surface area contributed by atoms with Gasteiger partial charge in [0, 0.05) is 8.07 Å². The third-order valence-electron chi connectivity index (χ3n) is 2.92. The van der Waals surface area contributed by atoms with E-state index >= 15 is 0 Å². The maximum Gasteiger partial charge on any atom is 0.323 e. The Hall–Kier alpha value is -0.353. The lowest BCUT2D eigenvalue weighted by atomic mass is 9.94. The molecule has 0 saturated carbocycles. The van der Waals surface area contributed by atoms with Crippen LogP contribution in [-0.4, -0.2) is 24.7 Å². The topological polar surface area (TPSA) is 63.3 Å². The molecule has 0 aromatic carbocycles. The molecule has 0 bridgehead atoms. The first-order valence-electron chi connectivity index (χ1n) is 4.38. The molecule has 1 fully saturated rings. The summed E-state index contributed by atoms with van der Waals surface area (Å²) in [5.41, 5.74) is 4.83. The van der Waals surface area contributed by atoms with E-state index in [2.05, 4.69) is 13.1 Å². The van der Waals surface area contributed by atoms with Gasteiger partial charge in [-0.05, 0) is 12.8 Å². The highest BCUT2D eigenvalue weighted by Gasteiger charge is 2.41. The second kappa shape index (κ2) is 2.85. The van der Waals surface area contributed by atoms with Crippen molar-refractivity contribution in [2.75, 3.05) is 0 Å². The van der Waals surface area contributed by atoms with E-state index in [0.717, 1.165) is 12.1 Å². The molecule has 4 heteroatoms. The molecule has 3 nitrogen and oxygen atoms in total. The molecule has 1 aliphatic rings. The van der Waals surface area contributed by atoms with E-state index in [1.807, 2.05) is 0 Å². The van der Waals surface area contributed by atoms with Crippen LogP contribution in [0.5, 0.6) is 0 Å². The van der Waals surface area contributed by atoms with Gasteiger partial charge in [-0.3, -0.25) is 4.79 Å². The molecule has 0 atom stereocenters. The Kier molecular flexibility index (Phi) is 2.31. The second-order valence-electron chi connectivity index (χ2n) is 4.63. The van der Waals surface area contributed by atoms with Crippen molar-refractivity contribution in [3.63, 3.8) is 0 Å². The fourth-order valence-electron chi connectivity index (χ4n) is 1.59. The van der Waals surface area contributed by atoms with Gasteiger partial charge in [-0.2, -0.15) is 0 Å². The van der Waals surface area contributed by atoms with E-state index in [-0.39, 0.29) is 0 Å². The lowest BCUT2D eigenvalue weighted by Gasteiger charge is -2.37. The van der Waals surface area contributed by atoms with Crippen LogP contribution in [0.4, 0.5) is 0 Å². The molecular formula is C8H17NO2Si. The summed E-state index contributed by atoms with van der Waals surface area (Å²) in [6, 6.07) is 2.10. The van der Waals surface area contributed by atoms with Crippen molar-refractivity contribution >= 4 is 14.0 Å². The molecule has 0 amide bonds. The third kappa shape index (κ3) is 1.87. The Bertz CT molecular complexity index is 193. The summed E-state index contributed by atoms with van der Waals surface area (Å²) >= 11 is 0.